The Hall–Kier alpha value is -0.870. The molecule has 15 heavy (non-hydrogen) atoms. The first-order chi connectivity index (χ1) is 7.20. The number of rotatable bonds is 4. The highest BCUT2D eigenvalue weighted by Crippen LogP contribution is 1.98. The summed E-state index contributed by atoms with van der Waals surface area (Å²) in [6, 6.07) is 0. The molecule has 2 N–H and O–H groups in total. The molecule has 0 bridgehead atoms. The molecule has 1 heterocycles. The summed E-state index contributed by atoms with van der Waals surface area (Å²) in [5, 5.41) is 0. The largest absolute Gasteiger partial charge is 0.379 e. The van der Waals surface area contributed by atoms with Crippen LogP contribution in [0.3, 0.4) is 0 Å². The number of carbonyl (C=O) groups excluding carboxylic acids is 1. The molecule has 0 atom stereocenters. The molecule has 0 saturated carbocycles. The Kier molecular flexibility index (Phi) is 9.11. The number of ether oxygens (including phenoxy) is 1. The number of hydrogen-bond acceptors (Lipinski definition) is 3. The van der Waals surface area contributed by atoms with Crippen LogP contribution in [-0.4, -0.2) is 43.7 Å². The molecule has 0 aliphatic carbocycles. The van der Waals surface area contributed by atoms with E-state index >= 15 is 0 Å². The second-order valence-electron chi connectivity index (χ2n) is 3.41. The van der Waals surface area contributed by atoms with Gasteiger partial charge in [-0.25, -0.2) is 0 Å². The van der Waals surface area contributed by atoms with Crippen molar-refractivity contribution in [2.45, 2.75) is 19.8 Å². The zero-order valence-electron chi connectivity index (χ0n) is 9.58. The Morgan fingerprint density at radius 3 is 2.47 bits per heavy atom. The lowest BCUT2D eigenvalue weighted by Gasteiger charge is -2.26. The predicted molar refractivity (Wildman–Crippen MR) is 61.6 cm³/mol. The average molecular weight is 214 g/mol. The van der Waals surface area contributed by atoms with Gasteiger partial charge in [0, 0.05) is 13.1 Å². The summed E-state index contributed by atoms with van der Waals surface area (Å²) >= 11 is 0. The fraction of sp³-hybridized carbons (Fsp3) is 0.727. The molecule has 0 spiro atoms. The van der Waals surface area contributed by atoms with Crippen LogP contribution in [0, 0.1) is 0 Å². The number of hydrogen-bond donors (Lipinski definition) is 1. The van der Waals surface area contributed by atoms with E-state index < -0.39 is 5.91 Å². The average Bonchev–Trinajstić information content (AvgIpc) is 2.28. The van der Waals surface area contributed by atoms with Crippen molar-refractivity contribution in [3.8, 4) is 0 Å². The van der Waals surface area contributed by atoms with Gasteiger partial charge in [0.25, 0.3) is 0 Å². The van der Waals surface area contributed by atoms with Gasteiger partial charge in [0.05, 0.1) is 13.2 Å². The Balaban J connectivity index is 0.000000336. The molecule has 1 saturated heterocycles. The van der Waals surface area contributed by atoms with Crippen molar-refractivity contribution in [2.75, 3.05) is 32.8 Å². The smallest absolute Gasteiger partial charge is 0.240 e. The number of morpholine rings is 1. The molecule has 1 aliphatic rings. The van der Waals surface area contributed by atoms with E-state index in [1.54, 1.807) is 0 Å². The van der Waals surface area contributed by atoms with E-state index in [0.29, 0.717) is 0 Å². The van der Waals surface area contributed by atoms with Crippen LogP contribution in [0.1, 0.15) is 19.8 Å². The van der Waals surface area contributed by atoms with E-state index in [1.165, 1.54) is 19.4 Å². The molecule has 4 nitrogen and oxygen atoms in total. The second-order valence-corrected chi connectivity index (χ2v) is 3.41. The highest BCUT2D eigenvalue weighted by Gasteiger charge is 2.07. The maximum absolute atomic E-state index is 9.47. The van der Waals surface area contributed by atoms with E-state index in [2.05, 4.69) is 24.1 Å². The predicted octanol–water partition coefficient (Wildman–Crippen LogP) is 0.776. The van der Waals surface area contributed by atoms with Crippen molar-refractivity contribution >= 4 is 5.91 Å². The highest BCUT2D eigenvalue weighted by molar-refractivity contribution is 5.84. The molecule has 1 fully saturated rings. The second kappa shape index (κ2) is 9.68. The first kappa shape index (κ1) is 14.1. The first-order valence-electron chi connectivity index (χ1n) is 5.42. The van der Waals surface area contributed by atoms with Crippen molar-refractivity contribution in [1.29, 1.82) is 0 Å². The van der Waals surface area contributed by atoms with Crippen LogP contribution in [0.2, 0.25) is 0 Å². The summed E-state index contributed by atoms with van der Waals surface area (Å²) in [4.78, 5) is 12.0. The number of carbonyl (C=O) groups is 1. The summed E-state index contributed by atoms with van der Waals surface area (Å²) in [7, 11) is 0. The third-order valence-electron chi connectivity index (χ3n) is 2.13. The Bertz CT molecular complexity index is 177. The van der Waals surface area contributed by atoms with Crippen LogP contribution < -0.4 is 5.73 Å². The lowest BCUT2D eigenvalue weighted by atomic mass is 10.3. The van der Waals surface area contributed by atoms with Crippen molar-refractivity contribution in [3.63, 3.8) is 0 Å². The standard InChI is InChI=1S/C8H17NO.C3H5NO/c1-2-3-4-9-5-7-10-8-6-9;1-2-3(4)5/h2-8H2,1H3;2H,1H2,(H2,4,5). The van der Waals surface area contributed by atoms with Crippen LogP contribution in [0.5, 0.6) is 0 Å². The van der Waals surface area contributed by atoms with Gasteiger partial charge in [-0.15, -0.1) is 0 Å². The summed E-state index contributed by atoms with van der Waals surface area (Å²) in [5.41, 5.74) is 4.53. The van der Waals surface area contributed by atoms with Crippen molar-refractivity contribution < 1.29 is 9.53 Å². The molecule has 4 heteroatoms. The van der Waals surface area contributed by atoms with E-state index in [9.17, 15) is 4.79 Å². The van der Waals surface area contributed by atoms with Crippen LogP contribution in [0.15, 0.2) is 12.7 Å². The fourth-order valence-electron chi connectivity index (χ4n) is 1.21. The van der Waals surface area contributed by atoms with Gasteiger partial charge in [-0.3, -0.25) is 9.69 Å². The van der Waals surface area contributed by atoms with Crippen molar-refractivity contribution in [2.24, 2.45) is 5.73 Å². The molecular formula is C11H22N2O2. The van der Waals surface area contributed by atoms with Gasteiger partial charge in [-0.05, 0) is 19.0 Å². The third-order valence-corrected chi connectivity index (χ3v) is 2.13. The normalized spacial score (nSPS) is 16.3. The van der Waals surface area contributed by atoms with Crippen LogP contribution >= 0.6 is 0 Å². The molecule has 1 aliphatic heterocycles. The number of nitrogens with two attached hydrogens (primary N) is 1. The molecule has 88 valence electrons. The zero-order chi connectivity index (χ0) is 11.5. The van der Waals surface area contributed by atoms with Crippen molar-refractivity contribution in [3.05, 3.63) is 12.7 Å². The van der Waals surface area contributed by atoms with Gasteiger partial charge in [0.2, 0.25) is 5.91 Å². The van der Waals surface area contributed by atoms with Gasteiger partial charge in [-0.2, -0.15) is 0 Å². The number of unbranched alkanes of at least 4 members (excludes halogenated alkanes) is 1. The zero-order valence-corrected chi connectivity index (χ0v) is 9.58. The van der Waals surface area contributed by atoms with Gasteiger partial charge in [-0.1, -0.05) is 19.9 Å². The third kappa shape index (κ3) is 9.43. The molecule has 1 rings (SSSR count). The summed E-state index contributed by atoms with van der Waals surface area (Å²) in [6.07, 6.45) is 3.69. The lowest BCUT2D eigenvalue weighted by molar-refractivity contribution is -0.113. The molecular weight excluding hydrogens is 192 g/mol. The van der Waals surface area contributed by atoms with Gasteiger partial charge >= 0.3 is 0 Å². The van der Waals surface area contributed by atoms with E-state index in [0.717, 1.165) is 32.4 Å². The van der Waals surface area contributed by atoms with Crippen LogP contribution in [0.4, 0.5) is 0 Å². The summed E-state index contributed by atoms with van der Waals surface area (Å²) < 4.78 is 5.24. The number of primary amides is 1. The highest BCUT2D eigenvalue weighted by atomic mass is 16.5. The van der Waals surface area contributed by atoms with Crippen LogP contribution in [-0.2, 0) is 9.53 Å². The van der Waals surface area contributed by atoms with Gasteiger partial charge in [0.1, 0.15) is 0 Å². The Morgan fingerprint density at radius 2 is 2.07 bits per heavy atom. The molecule has 0 aromatic heterocycles. The minimum absolute atomic E-state index is 0.481. The number of amides is 1. The molecule has 0 radical (unpaired) electrons. The molecule has 0 unspecified atom stereocenters. The monoisotopic (exact) mass is 214 g/mol. The SMILES string of the molecule is C=CC(N)=O.CCCCN1CCOCC1. The van der Waals surface area contributed by atoms with Gasteiger partial charge in [0.15, 0.2) is 0 Å². The van der Waals surface area contributed by atoms with Crippen molar-refractivity contribution in [1.82, 2.24) is 4.90 Å². The minimum atomic E-state index is -0.481. The quantitative estimate of drug-likeness (QED) is 0.703. The van der Waals surface area contributed by atoms with Crippen LogP contribution in [0.25, 0.3) is 0 Å². The summed E-state index contributed by atoms with van der Waals surface area (Å²) in [6.45, 7) is 10.7. The molecule has 1 amide bonds. The Morgan fingerprint density at radius 1 is 1.53 bits per heavy atom. The van der Waals surface area contributed by atoms with E-state index in [-0.39, 0.29) is 0 Å². The fourth-order valence-corrected chi connectivity index (χ4v) is 1.21. The van der Waals surface area contributed by atoms with E-state index in [4.69, 9.17) is 4.74 Å². The maximum Gasteiger partial charge on any atom is 0.240 e. The maximum atomic E-state index is 9.47. The number of nitrogens with zero attached hydrogens (tertiary/aromatic N) is 1. The lowest BCUT2D eigenvalue weighted by Crippen LogP contribution is -2.36. The topological polar surface area (TPSA) is 55.6 Å². The molecule has 0 aromatic rings. The molecule has 0 aromatic carbocycles. The minimum Gasteiger partial charge on any atom is -0.379 e. The Labute approximate surface area is 92.1 Å². The first-order valence-corrected chi connectivity index (χ1v) is 5.42. The van der Waals surface area contributed by atoms with E-state index in [1.807, 2.05) is 0 Å². The summed E-state index contributed by atoms with van der Waals surface area (Å²) in [5.74, 6) is -0.481. The van der Waals surface area contributed by atoms with Gasteiger partial charge < -0.3 is 10.5 Å².